The van der Waals surface area contributed by atoms with Crippen LogP contribution < -0.4 is 0 Å². The van der Waals surface area contributed by atoms with E-state index in [1.807, 2.05) is 0 Å². The molecule has 0 saturated carbocycles. The lowest BCUT2D eigenvalue weighted by molar-refractivity contribution is 0.180. The first-order chi connectivity index (χ1) is 10.3. The first-order valence-electron chi connectivity index (χ1n) is 10.0. The van der Waals surface area contributed by atoms with Crippen LogP contribution in [0.25, 0.3) is 0 Å². The Morgan fingerprint density at radius 2 is 1.29 bits per heavy atom. The van der Waals surface area contributed by atoms with E-state index >= 15 is 0 Å². The van der Waals surface area contributed by atoms with Gasteiger partial charge in [-0.2, -0.15) is 0 Å². The van der Waals surface area contributed by atoms with Crippen molar-refractivity contribution in [2.24, 2.45) is 5.92 Å². The van der Waals surface area contributed by atoms with E-state index in [-0.39, 0.29) is 0 Å². The van der Waals surface area contributed by atoms with Crippen LogP contribution in [0.5, 0.6) is 0 Å². The summed E-state index contributed by atoms with van der Waals surface area (Å²) in [5.74, 6) is 0.941. The van der Waals surface area contributed by atoms with E-state index in [0.29, 0.717) is 0 Å². The molecular weight excluding hydrogens is 254 g/mol. The van der Waals surface area contributed by atoms with Crippen LogP contribution in [0.4, 0.5) is 0 Å². The van der Waals surface area contributed by atoms with Gasteiger partial charge in [0.05, 0.1) is 0 Å². The Morgan fingerprint density at radius 1 is 0.762 bits per heavy atom. The van der Waals surface area contributed by atoms with E-state index < -0.39 is 0 Å². The molecule has 1 aliphatic heterocycles. The van der Waals surface area contributed by atoms with Crippen molar-refractivity contribution < 1.29 is 0 Å². The average Bonchev–Trinajstić information content (AvgIpc) is 2.48. The van der Waals surface area contributed by atoms with Crippen molar-refractivity contribution >= 4 is 0 Å². The standard InChI is InChI=1S/C20H41N/c1-3-4-5-6-7-8-9-10-11-12-13-14-17-21-18-15-16-20(2)19-21/h20H,3-19H2,1-2H3. The van der Waals surface area contributed by atoms with Crippen molar-refractivity contribution in [3.05, 3.63) is 0 Å². The molecule has 21 heavy (non-hydrogen) atoms. The normalized spacial score (nSPS) is 20.0. The van der Waals surface area contributed by atoms with Crippen LogP contribution in [0.1, 0.15) is 104 Å². The van der Waals surface area contributed by atoms with Crippen LogP contribution in [-0.4, -0.2) is 24.5 Å². The molecular formula is C20H41N. The van der Waals surface area contributed by atoms with Gasteiger partial charge in [0.15, 0.2) is 0 Å². The van der Waals surface area contributed by atoms with E-state index in [9.17, 15) is 0 Å². The molecule has 126 valence electrons. The summed E-state index contributed by atoms with van der Waals surface area (Å²) in [5.41, 5.74) is 0. The second kappa shape index (κ2) is 13.6. The molecule has 1 nitrogen and oxygen atoms in total. The predicted octanol–water partition coefficient (Wildman–Crippen LogP) is 6.42. The number of rotatable bonds is 13. The third-order valence-electron chi connectivity index (χ3n) is 5.07. The van der Waals surface area contributed by atoms with E-state index in [1.165, 1.54) is 110 Å². The molecule has 0 aromatic carbocycles. The SMILES string of the molecule is CCCCCCCCCCCCCCN1CCCC(C)C1. The van der Waals surface area contributed by atoms with Gasteiger partial charge in [-0.15, -0.1) is 0 Å². The number of likely N-dealkylation sites (tertiary alicyclic amines) is 1. The minimum Gasteiger partial charge on any atom is -0.303 e. The minimum absolute atomic E-state index is 0.941. The third kappa shape index (κ3) is 11.2. The molecule has 1 heterocycles. The quantitative estimate of drug-likeness (QED) is 0.354. The molecule has 1 saturated heterocycles. The van der Waals surface area contributed by atoms with Crippen LogP contribution in [0, 0.1) is 5.92 Å². The van der Waals surface area contributed by atoms with Crippen LogP contribution in [0.2, 0.25) is 0 Å². The maximum Gasteiger partial charge on any atom is 0.000703 e. The fraction of sp³-hybridized carbons (Fsp3) is 1.00. The zero-order chi connectivity index (χ0) is 15.2. The first kappa shape index (κ1) is 19.0. The lowest BCUT2D eigenvalue weighted by Gasteiger charge is -2.30. The van der Waals surface area contributed by atoms with E-state index in [2.05, 4.69) is 18.7 Å². The molecule has 1 heteroatoms. The van der Waals surface area contributed by atoms with Gasteiger partial charge in [0.2, 0.25) is 0 Å². The molecule has 1 aliphatic rings. The number of piperidine rings is 1. The maximum atomic E-state index is 2.70. The Labute approximate surface area is 134 Å². The Kier molecular flexibility index (Phi) is 12.3. The molecule has 0 N–H and O–H groups in total. The summed E-state index contributed by atoms with van der Waals surface area (Å²) < 4.78 is 0. The maximum absolute atomic E-state index is 2.70. The highest BCUT2D eigenvalue weighted by Crippen LogP contribution is 2.16. The molecule has 0 spiro atoms. The van der Waals surface area contributed by atoms with E-state index in [0.717, 1.165) is 5.92 Å². The molecule has 0 radical (unpaired) electrons. The van der Waals surface area contributed by atoms with Gasteiger partial charge >= 0.3 is 0 Å². The van der Waals surface area contributed by atoms with Crippen molar-refractivity contribution in [1.29, 1.82) is 0 Å². The molecule has 1 unspecified atom stereocenters. The Balaban J connectivity index is 1.74. The molecule has 1 rings (SSSR count). The molecule has 1 fully saturated rings. The van der Waals surface area contributed by atoms with Crippen molar-refractivity contribution in [3.63, 3.8) is 0 Å². The lowest BCUT2D eigenvalue weighted by Crippen LogP contribution is -2.34. The fourth-order valence-electron chi connectivity index (χ4n) is 3.67. The summed E-state index contributed by atoms with van der Waals surface area (Å²) in [6.45, 7) is 8.79. The Hall–Kier alpha value is -0.0400. The number of hydrogen-bond donors (Lipinski definition) is 0. The fourth-order valence-corrected chi connectivity index (χ4v) is 3.67. The smallest absolute Gasteiger partial charge is 0.000703 e. The summed E-state index contributed by atoms with van der Waals surface area (Å²) in [5, 5.41) is 0. The van der Waals surface area contributed by atoms with Gasteiger partial charge in [-0.05, 0) is 38.3 Å². The second-order valence-electron chi connectivity index (χ2n) is 7.44. The van der Waals surface area contributed by atoms with Crippen molar-refractivity contribution in [3.8, 4) is 0 Å². The molecule has 0 amide bonds. The largest absolute Gasteiger partial charge is 0.303 e. The van der Waals surface area contributed by atoms with Crippen LogP contribution in [-0.2, 0) is 0 Å². The molecule has 0 aromatic heterocycles. The van der Waals surface area contributed by atoms with E-state index in [1.54, 1.807) is 0 Å². The first-order valence-corrected chi connectivity index (χ1v) is 10.0. The molecule has 0 aliphatic carbocycles. The second-order valence-corrected chi connectivity index (χ2v) is 7.44. The van der Waals surface area contributed by atoms with Gasteiger partial charge in [-0.1, -0.05) is 84.5 Å². The van der Waals surface area contributed by atoms with Gasteiger partial charge in [-0.25, -0.2) is 0 Å². The third-order valence-corrected chi connectivity index (χ3v) is 5.07. The topological polar surface area (TPSA) is 3.24 Å². The highest BCUT2D eigenvalue weighted by atomic mass is 15.1. The monoisotopic (exact) mass is 295 g/mol. The highest BCUT2D eigenvalue weighted by molar-refractivity contribution is 4.69. The zero-order valence-corrected chi connectivity index (χ0v) is 15.0. The zero-order valence-electron chi connectivity index (χ0n) is 15.0. The molecule has 0 bridgehead atoms. The Morgan fingerprint density at radius 3 is 1.81 bits per heavy atom. The summed E-state index contributed by atoms with van der Waals surface area (Å²) in [4.78, 5) is 2.70. The molecule has 0 aromatic rings. The van der Waals surface area contributed by atoms with Crippen molar-refractivity contribution in [1.82, 2.24) is 4.90 Å². The summed E-state index contributed by atoms with van der Waals surface area (Å²) in [6, 6.07) is 0. The Bertz CT molecular complexity index is 214. The van der Waals surface area contributed by atoms with Gasteiger partial charge in [0.25, 0.3) is 0 Å². The van der Waals surface area contributed by atoms with Crippen molar-refractivity contribution in [2.75, 3.05) is 19.6 Å². The summed E-state index contributed by atoms with van der Waals surface area (Å²) in [6.07, 6.45) is 20.4. The van der Waals surface area contributed by atoms with Gasteiger partial charge in [-0.3, -0.25) is 0 Å². The van der Waals surface area contributed by atoms with Crippen LogP contribution >= 0.6 is 0 Å². The average molecular weight is 296 g/mol. The lowest BCUT2D eigenvalue weighted by atomic mass is 10.00. The summed E-state index contributed by atoms with van der Waals surface area (Å²) in [7, 11) is 0. The number of unbranched alkanes of at least 4 members (excludes halogenated alkanes) is 11. The van der Waals surface area contributed by atoms with Gasteiger partial charge in [0.1, 0.15) is 0 Å². The van der Waals surface area contributed by atoms with E-state index in [4.69, 9.17) is 0 Å². The van der Waals surface area contributed by atoms with Crippen molar-refractivity contribution in [2.45, 2.75) is 104 Å². The predicted molar refractivity (Wildman–Crippen MR) is 95.9 cm³/mol. The van der Waals surface area contributed by atoms with Crippen LogP contribution in [0.15, 0.2) is 0 Å². The highest BCUT2D eigenvalue weighted by Gasteiger charge is 2.14. The minimum atomic E-state index is 0.941. The van der Waals surface area contributed by atoms with Gasteiger partial charge < -0.3 is 4.90 Å². The number of nitrogens with zero attached hydrogens (tertiary/aromatic N) is 1. The van der Waals surface area contributed by atoms with Gasteiger partial charge in [0, 0.05) is 6.54 Å². The number of hydrogen-bond acceptors (Lipinski definition) is 1. The molecule has 1 atom stereocenters. The summed E-state index contributed by atoms with van der Waals surface area (Å²) >= 11 is 0. The van der Waals surface area contributed by atoms with Crippen LogP contribution in [0.3, 0.4) is 0 Å².